The minimum absolute atomic E-state index is 0.0287. The Morgan fingerprint density at radius 2 is 2.30 bits per heavy atom. The number of rotatable bonds is 5. The van der Waals surface area contributed by atoms with Crippen LogP contribution in [0.1, 0.15) is 34.9 Å². The summed E-state index contributed by atoms with van der Waals surface area (Å²) in [6.07, 6.45) is 5.64. The van der Waals surface area contributed by atoms with Crippen molar-refractivity contribution in [2.45, 2.75) is 25.5 Å². The van der Waals surface area contributed by atoms with Crippen LogP contribution >= 0.6 is 0 Å². The highest BCUT2D eigenvalue weighted by molar-refractivity contribution is 5.91. The molecule has 1 aliphatic rings. The molecule has 0 unspecified atom stereocenters. The standard InChI is InChI=1S/C14H13FN2O3/c15-11-2-1-3-12(13(11)14(18)19)20-7-10-6-16-8-17(10)9-4-5-9/h1-3,6,8-9H,4-5,7H2,(H,18,19). The van der Waals surface area contributed by atoms with Gasteiger partial charge in [0, 0.05) is 6.04 Å². The number of carboxylic acid groups (broad SMARTS) is 1. The van der Waals surface area contributed by atoms with E-state index in [1.54, 1.807) is 12.5 Å². The lowest BCUT2D eigenvalue weighted by molar-refractivity contribution is 0.0686. The van der Waals surface area contributed by atoms with Crippen molar-refractivity contribution < 1.29 is 19.0 Å². The fourth-order valence-corrected chi connectivity index (χ4v) is 2.11. The predicted molar refractivity (Wildman–Crippen MR) is 68.2 cm³/mol. The monoisotopic (exact) mass is 276 g/mol. The summed E-state index contributed by atoms with van der Waals surface area (Å²) in [5.41, 5.74) is 0.415. The van der Waals surface area contributed by atoms with E-state index in [0.717, 1.165) is 24.6 Å². The molecule has 5 nitrogen and oxygen atoms in total. The molecule has 0 spiro atoms. The van der Waals surface area contributed by atoms with Crippen molar-refractivity contribution in [3.05, 3.63) is 47.8 Å². The summed E-state index contributed by atoms with van der Waals surface area (Å²) in [5.74, 6) is -2.11. The molecule has 2 aromatic rings. The molecule has 1 N–H and O–H groups in total. The molecule has 1 aliphatic carbocycles. The Hall–Kier alpha value is -2.37. The van der Waals surface area contributed by atoms with E-state index in [4.69, 9.17) is 9.84 Å². The van der Waals surface area contributed by atoms with E-state index in [9.17, 15) is 9.18 Å². The van der Waals surface area contributed by atoms with Gasteiger partial charge in [0.05, 0.1) is 18.2 Å². The van der Waals surface area contributed by atoms with Crippen LogP contribution in [-0.4, -0.2) is 20.6 Å². The molecule has 1 aromatic heterocycles. The van der Waals surface area contributed by atoms with E-state index < -0.39 is 17.3 Å². The third kappa shape index (κ3) is 2.36. The molecule has 20 heavy (non-hydrogen) atoms. The summed E-state index contributed by atoms with van der Waals surface area (Å²) in [4.78, 5) is 15.1. The Bertz CT molecular complexity index is 650. The molecule has 1 heterocycles. The summed E-state index contributed by atoms with van der Waals surface area (Å²) in [6.45, 7) is 0.167. The van der Waals surface area contributed by atoms with E-state index in [1.807, 2.05) is 4.57 Å². The first-order chi connectivity index (χ1) is 9.66. The van der Waals surface area contributed by atoms with E-state index >= 15 is 0 Å². The van der Waals surface area contributed by atoms with Crippen LogP contribution in [0.25, 0.3) is 0 Å². The SMILES string of the molecule is O=C(O)c1c(F)cccc1OCc1cncn1C1CC1. The highest BCUT2D eigenvalue weighted by atomic mass is 19.1. The van der Waals surface area contributed by atoms with Crippen molar-refractivity contribution in [2.75, 3.05) is 0 Å². The van der Waals surface area contributed by atoms with Gasteiger partial charge in [0.2, 0.25) is 0 Å². The van der Waals surface area contributed by atoms with Gasteiger partial charge in [0.15, 0.2) is 0 Å². The number of aromatic nitrogens is 2. The topological polar surface area (TPSA) is 64.3 Å². The molecular weight excluding hydrogens is 263 g/mol. The number of imidazole rings is 1. The van der Waals surface area contributed by atoms with Crippen LogP contribution in [0.15, 0.2) is 30.7 Å². The maximum Gasteiger partial charge on any atom is 0.342 e. The number of ether oxygens (including phenoxy) is 1. The largest absolute Gasteiger partial charge is 0.486 e. The fraction of sp³-hybridized carbons (Fsp3) is 0.286. The zero-order valence-electron chi connectivity index (χ0n) is 10.6. The molecule has 1 aromatic carbocycles. The van der Waals surface area contributed by atoms with E-state index in [1.165, 1.54) is 12.1 Å². The van der Waals surface area contributed by atoms with Gasteiger partial charge in [-0.3, -0.25) is 0 Å². The van der Waals surface area contributed by atoms with E-state index in [2.05, 4.69) is 4.98 Å². The molecule has 104 valence electrons. The minimum Gasteiger partial charge on any atom is -0.486 e. The lowest BCUT2D eigenvalue weighted by Crippen LogP contribution is -2.08. The number of benzene rings is 1. The maximum absolute atomic E-state index is 13.5. The zero-order valence-corrected chi connectivity index (χ0v) is 10.6. The molecule has 0 bridgehead atoms. The maximum atomic E-state index is 13.5. The summed E-state index contributed by atoms with van der Waals surface area (Å²) in [6, 6.07) is 4.44. The first-order valence-electron chi connectivity index (χ1n) is 6.32. The van der Waals surface area contributed by atoms with Crippen molar-refractivity contribution in [1.29, 1.82) is 0 Å². The number of carbonyl (C=O) groups is 1. The van der Waals surface area contributed by atoms with E-state index in [0.29, 0.717) is 6.04 Å². The number of carboxylic acids is 1. The van der Waals surface area contributed by atoms with Crippen LogP contribution in [0.2, 0.25) is 0 Å². The van der Waals surface area contributed by atoms with Crippen LogP contribution in [0.4, 0.5) is 4.39 Å². The molecule has 3 rings (SSSR count). The van der Waals surface area contributed by atoms with Crippen LogP contribution in [0, 0.1) is 5.82 Å². The quantitative estimate of drug-likeness (QED) is 0.911. The van der Waals surface area contributed by atoms with Gasteiger partial charge in [0.25, 0.3) is 0 Å². The highest BCUT2D eigenvalue weighted by Gasteiger charge is 2.25. The number of hydrogen-bond donors (Lipinski definition) is 1. The highest BCUT2D eigenvalue weighted by Crippen LogP contribution is 2.35. The molecule has 6 heteroatoms. The zero-order chi connectivity index (χ0) is 14.1. The van der Waals surface area contributed by atoms with Gasteiger partial charge < -0.3 is 14.4 Å². The summed E-state index contributed by atoms with van der Waals surface area (Å²) >= 11 is 0. The molecule has 1 fully saturated rings. The van der Waals surface area contributed by atoms with Crippen LogP contribution in [0.3, 0.4) is 0 Å². The normalized spacial score (nSPS) is 14.2. The summed E-state index contributed by atoms with van der Waals surface area (Å²) < 4.78 is 21.0. The van der Waals surface area contributed by atoms with Gasteiger partial charge in [-0.25, -0.2) is 14.2 Å². The van der Waals surface area contributed by atoms with Gasteiger partial charge >= 0.3 is 5.97 Å². The third-order valence-electron chi connectivity index (χ3n) is 3.25. The van der Waals surface area contributed by atoms with Crippen LogP contribution in [-0.2, 0) is 6.61 Å². The lowest BCUT2D eigenvalue weighted by atomic mass is 10.2. The predicted octanol–water partition coefficient (Wildman–Crippen LogP) is 2.63. The Labute approximate surface area is 114 Å². The van der Waals surface area contributed by atoms with Crippen molar-refractivity contribution in [3.8, 4) is 5.75 Å². The van der Waals surface area contributed by atoms with Crippen LogP contribution < -0.4 is 4.74 Å². The van der Waals surface area contributed by atoms with Crippen molar-refractivity contribution in [1.82, 2.24) is 9.55 Å². The molecule has 0 saturated heterocycles. The number of aromatic carboxylic acids is 1. The first kappa shape index (κ1) is 12.7. The second-order valence-electron chi connectivity index (χ2n) is 4.73. The minimum atomic E-state index is -1.34. The van der Waals surface area contributed by atoms with Crippen LogP contribution in [0.5, 0.6) is 5.75 Å². The number of halogens is 1. The average molecular weight is 276 g/mol. The Morgan fingerprint density at radius 3 is 3.00 bits per heavy atom. The van der Waals surface area contributed by atoms with Gasteiger partial charge in [-0.1, -0.05) is 6.07 Å². The van der Waals surface area contributed by atoms with Gasteiger partial charge in [0.1, 0.15) is 23.7 Å². The summed E-state index contributed by atoms with van der Waals surface area (Å²) in [7, 11) is 0. The summed E-state index contributed by atoms with van der Waals surface area (Å²) in [5, 5.41) is 9.02. The molecule has 0 atom stereocenters. The average Bonchev–Trinajstić information content (AvgIpc) is 3.15. The first-order valence-corrected chi connectivity index (χ1v) is 6.32. The molecule has 0 radical (unpaired) electrons. The molecule has 0 aliphatic heterocycles. The van der Waals surface area contributed by atoms with Gasteiger partial charge in [-0.2, -0.15) is 0 Å². The molecular formula is C14H13FN2O3. The van der Waals surface area contributed by atoms with Gasteiger partial charge in [-0.05, 0) is 25.0 Å². The lowest BCUT2D eigenvalue weighted by Gasteiger charge is -2.11. The van der Waals surface area contributed by atoms with E-state index in [-0.39, 0.29) is 12.4 Å². The van der Waals surface area contributed by atoms with Crippen molar-refractivity contribution >= 4 is 5.97 Å². The third-order valence-corrected chi connectivity index (χ3v) is 3.25. The second kappa shape index (κ2) is 4.96. The van der Waals surface area contributed by atoms with Gasteiger partial charge in [-0.15, -0.1) is 0 Å². The number of hydrogen-bond acceptors (Lipinski definition) is 3. The second-order valence-corrected chi connectivity index (χ2v) is 4.73. The van der Waals surface area contributed by atoms with Crippen molar-refractivity contribution in [3.63, 3.8) is 0 Å². The molecule has 1 saturated carbocycles. The Balaban J connectivity index is 1.80. The fourth-order valence-electron chi connectivity index (χ4n) is 2.11. The number of nitrogens with zero attached hydrogens (tertiary/aromatic N) is 2. The Morgan fingerprint density at radius 1 is 1.50 bits per heavy atom. The Kier molecular flexibility index (Phi) is 3.14. The smallest absolute Gasteiger partial charge is 0.342 e. The van der Waals surface area contributed by atoms with Crippen molar-refractivity contribution in [2.24, 2.45) is 0 Å². The molecule has 0 amide bonds.